The van der Waals surface area contributed by atoms with Gasteiger partial charge in [0.15, 0.2) is 5.82 Å². The van der Waals surface area contributed by atoms with Crippen molar-refractivity contribution in [3.63, 3.8) is 0 Å². The number of aromatic amines is 1. The maximum Gasteiger partial charge on any atom is 0.226 e. The predicted molar refractivity (Wildman–Crippen MR) is 86.3 cm³/mol. The summed E-state index contributed by atoms with van der Waals surface area (Å²) in [7, 11) is 0. The second-order valence-electron chi connectivity index (χ2n) is 6.32. The minimum Gasteiger partial charge on any atom is -0.366 e. The molecule has 2 aromatic heterocycles. The molecule has 2 aliphatic rings. The minimum atomic E-state index is -0.223. The van der Waals surface area contributed by atoms with E-state index in [1.807, 2.05) is 11.8 Å². The van der Waals surface area contributed by atoms with Crippen LogP contribution in [0, 0.1) is 19.8 Å². The van der Waals surface area contributed by atoms with Crippen LogP contribution in [0.1, 0.15) is 39.8 Å². The van der Waals surface area contributed by atoms with E-state index in [-0.39, 0.29) is 17.9 Å². The number of nitrogens with zero attached hydrogens (tertiary/aromatic N) is 3. The van der Waals surface area contributed by atoms with Crippen LogP contribution < -0.4 is 0 Å². The number of carbonyl (C=O) groups excluding carboxylic acids is 1. The van der Waals surface area contributed by atoms with Crippen molar-refractivity contribution >= 4 is 17.2 Å². The summed E-state index contributed by atoms with van der Waals surface area (Å²) in [6.07, 6.45) is 0.749. The summed E-state index contributed by atoms with van der Waals surface area (Å²) in [5.74, 6) is 2.21. The van der Waals surface area contributed by atoms with Crippen molar-refractivity contribution in [1.82, 2.24) is 20.1 Å². The average molecular weight is 332 g/mol. The molecule has 2 aromatic rings. The molecule has 3 heterocycles. The van der Waals surface area contributed by atoms with Gasteiger partial charge in [-0.3, -0.25) is 9.89 Å². The van der Waals surface area contributed by atoms with Crippen LogP contribution in [0.3, 0.4) is 0 Å². The molecule has 1 saturated heterocycles. The fraction of sp³-hybridized carbons (Fsp3) is 0.562. The maximum atomic E-state index is 12.8. The fourth-order valence-electron chi connectivity index (χ4n) is 3.18. The maximum absolute atomic E-state index is 12.8. The van der Waals surface area contributed by atoms with Gasteiger partial charge in [0, 0.05) is 28.1 Å². The van der Waals surface area contributed by atoms with E-state index >= 15 is 0 Å². The van der Waals surface area contributed by atoms with Gasteiger partial charge < -0.3 is 9.64 Å². The zero-order valence-corrected chi connectivity index (χ0v) is 14.1. The topological polar surface area (TPSA) is 71.1 Å². The summed E-state index contributed by atoms with van der Waals surface area (Å²) in [5, 5.41) is 6.99. The molecule has 6 nitrogen and oxygen atoms in total. The number of morpholine rings is 1. The number of hydrogen-bond acceptors (Lipinski definition) is 5. The highest BCUT2D eigenvalue weighted by atomic mass is 32.1. The van der Waals surface area contributed by atoms with Crippen molar-refractivity contribution in [3.05, 3.63) is 33.5 Å². The lowest BCUT2D eigenvalue weighted by atomic mass is 10.2. The Labute approximate surface area is 138 Å². The number of hydrogen-bond donors (Lipinski definition) is 1. The first-order valence-electron chi connectivity index (χ1n) is 7.97. The van der Waals surface area contributed by atoms with Crippen molar-refractivity contribution in [3.8, 4) is 0 Å². The molecule has 1 saturated carbocycles. The molecular weight excluding hydrogens is 312 g/mol. The van der Waals surface area contributed by atoms with Gasteiger partial charge in [0.05, 0.1) is 13.2 Å². The van der Waals surface area contributed by atoms with E-state index in [0.29, 0.717) is 31.4 Å². The molecule has 2 fully saturated rings. The van der Waals surface area contributed by atoms with Gasteiger partial charge in [-0.25, -0.2) is 4.98 Å². The third kappa shape index (κ3) is 2.90. The molecular formula is C16H20N4O2S. The molecule has 0 spiro atoms. The van der Waals surface area contributed by atoms with Gasteiger partial charge in [-0.15, -0.1) is 11.3 Å². The Kier molecular flexibility index (Phi) is 3.69. The average Bonchev–Trinajstić information content (AvgIpc) is 3.04. The zero-order valence-electron chi connectivity index (χ0n) is 13.3. The molecule has 0 bridgehead atoms. The number of H-pyrrole nitrogens is 1. The highest BCUT2D eigenvalue weighted by molar-refractivity contribution is 7.12. The van der Waals surface area contributed by atoms with Gasteiger partial charge in [-0.05, 0) is 32.4 Å². The Balaban J connectivity index is 1.41. The summed E-state index contributed by atoms with van der Waals surface area (Å²) in [4.78, 5) is 21.7. The normalized spacial score (nSPS) is 27.2. The predicted octanol–water partition coefficient (Wildman–Crippen LogP) is 2.19. The van der Waals surface area contributed by atoms with Crippen molar-refractivity contribution in [2.45, 2.75) is 32.3 Å². The van der Waals surface area contributed by atoms with E-state index in [0.717, 1.165) is 12.2 Å². The van der Waals surface area contributed by atoms with E-state index in [2.05, 4.69) is 34.2 Å². The molecule has 0 radical (unpaired) electrons. The van der Waals surface area contributed by atoms with Crippen LogP contribution >= 0.6 is 11.3 Å². The lowest BCUT2D eigenvalue weighted by Gasteiger charge is -2.31. The van der Waals surface area contributed by atoms with Gasteiger partial charge in [0.25, 0.3) is 0 Å². The zero-order chi connectivity index (χ0) is 16.0. The number of carbonyl (C=O) groups is 1. The van der Waals surface area contributed by atoms with E-state index in [4.69, 9.17) is 4.74 Å². The van der Waals surface area contributed by atoms with Gasteiger partial charge in [0.2, 0.25) is 5.91 Å². The lowest BCUT2D eigenvalue weighted by molar-refractivity contribution is -0.140. The molecule has 122 valence electrons. The number of rotatable bonds is 3. The van der Waals surface area contributed by atoms with Crippen LogP contribution in [0.5, 0.6) is 0 Å². The molecule has 3 atom stereocenters. The molecule has 7 heteroatoms. The SMILES string of the molecule is Cc1nc([C@@H]2CN(C(=O)[C@@H]3C[C@H]3c3ccc(C)s3)CCO2)n[nH]1. The first-order chi connectivity index (χ1) is 11.1. The third-order valence-corrected chi connectivity index (χ3v) is 5.65. The molecule has 1 aliphatic carbocycles. The Hall–Kier alpha value is -1.73. The van der Waals surface area contributed by atoms with E-state index in [1.165, 1.54) is 9.75 Å². The first kappa shape index (κ1) is 14.8. The number of aromatic nitrogens is 3. The molecule has 4 rings (SSSR count). The number of thiophene rings is 1. The second-order valence-corrected chi connectivity index (χ2v) is 7.64. The van der Waals surface area contributed by atoms with E-state index < -0.39 is 0 Å². The summed E-state index contributed by atoms with van der Waals surface area (Å²) in [6.45, 7) is 5.71. The van der Waals surface area contributed by atoms with E-state index in [9.17, 15) is 4.79 Å². The van der Waals surface area contributed by atoms with Gasteiger partial charge in [-0.1, -0.05) is 0 Å². The summed E-state index contributed by atoms with van der Waals surface area (Å²) in [6, 6.07) is 4.30. The molecule has 1 amide bonds. The quantitative estimate of drug-likeness (QED) is 0.935. The largest absolute Gasteiger partial charge is 0.366 e. The molecule has 23 heavy (non-hydrogen) atoms. The Morgan fingerprint density at radius 1 is 1.43 bits per heavy atom. The van der Waals surface area contributed by atoms with Crippen molar-refractivity contribution < 1.29 is 9.53 Å². The lowest BCUT2D eigenvalue weighted by Crippen LogP contribution is -2.43. The minimum absolute atomic E-state index is 0.140. The Morgan fingerprint density at radius 2 is 2.30 bits per heavy atom. The van der Waals surface area contributed by atoms with Crippen LogP contribution in [-0.4, -0.2) is 45.7 Å². The van der Waals surface area contributed by atoms with Crippen LogP contribution in [0.15, 0.2) is 12.1 Å². The van der Waals surface area contributed by atoms with Crippen LogP contribution in [0.4, 0.5) is 0 Å². The first-order valence-corrected chi connectivity index (χ1v) is 8.79. The summed E-state index contributed by atoms with van der Waals surface area (Å²) >= 11 is 1.81. The smallest absolute Gasteiger partial charge is 0.226 e. The summed E-state index contributed by atoms with van der Waals surface area (Å²) < 4.78 is 5.74. The Bertz CT molecular complexity index is 725. The molecule has 1 aliphatic heterocycles. The monoisotopic (exact) mass is 332 g/mol. The van der Waals surface area contributed by atoms with Crippen molar-refractivity contribution in [2.24, 2.45) is 5.92 Å². The number of nitrogens with one attached hydrogen (secondary N) is 1. The van der Waals surface area contributed by atoms with Gasteiger partial charge in [-0.2, -0.15) is 5.10 Å². The van der Waals surface area contributed by atoms with Crippen LogP contribution in [0.2, 0.25) is 0 Å². The molecule has 0 unspecified atom stereocenters. The van der Waals surface area contributed by atoms with Crippen LogP contribution in [-0.2, 0) is 9.53 Å². The van der Waals surface area contributed by atoms with E-state index in [1.54, 1.807) is 11.3 Å². The van der Waals surface area contributed by atoms with Crippen molar-refractivity contribution in [1.29, 1.82) is 0 Å². The second kappa shape index (κ2) is 5.72. The Morgan fingerprint density at radius 3 is 3.00 bits per heavy atom. The molecule has 0 aromatic carbocycles. The highest BCUT2D eigenvalue weighted by Gasteiger charge is 2.47. The number of ether oxygens (including phenoxy) is 1. The molecule has 1 N–H and O–H groups in total. The van der Waals surface area contributed by atoms with Gasteiger partial charge >= 0.3 is 0 Å². The standard InChI is InChI=1S/C16H20N4O2S/c1-9-3-4-14(23-9)11-7-12(11)16(21)20-5-6-22-13(8-20)15-17-10(2)18-19-15/h3-4,11-13H,5-8H2,1-2H3,(H,17,18,19)/t11-,12-,13+/m1/s1. The van der Waals surface area contributed by atoms with Crippen LogP contribution in [0.25, 0.3) is 0 Å². The van der Waals surface area contributed by atoms with Crippen molar-refractivity contribution in [2.75, 3.05) is 19.7 Å². The highest BCUT2D eigenvalue weighted by Crippen LogP contribution is 2.50. The number of amides is 1. The van der Waals surface area contributed by atoms with Gasteiger partial charge in [0.1, 0.15) is 11.9 Å². The third-order valence-electron chi connectivity index (χ3n) is 4.51. The fourth-order valence-corrected chi connectivity index (χ4v) is 4.24. The summed E-state index contributed by atoms with van der Waals surface area (Å²) in [5.41, 5.74) is 0. The number of aryl methyl sites for hydroxylation is 2.